The Morgan fingerprint density at radius 1 is 1.32 bits per heavy atom. The number of hydrogen-bond donors (Lipinski definition) is 1. The van der Waals surface area contributed by atoms with Gasteiger partial charge in [-0.1, -0.05) is 23.0 Å². The number of rotatable bonds is 5. The van der Waals surface area contributed by atoms with E-state index in [4.69, 9.17) is 14.8 Å². The molecule has 0 saturated carbocycles. The smallest absolute Gasteiger partial charge is 0.240 e. The molecule has 0 amide bonds. The summed E-state index contributed by atoms with van der Waals surface area (Å²) in [6.45, 7) is 3.80. The normalized spacial score (nSPS) is 12.6. The van der Waals surface area contributed by atoms with Gasteiger partial charge in [-0.3, -0.25) is 0 Å². The van der Waals surface area contributed by atoms with E-state index in [1.165, 1.54) is 16.4 Å². The van der Waals surface area contributed by atoms with E-state index in [0.29, 0.717) is 22.7 Å². The molecule has 4 aromatic rings. The molecule has 0 spiro atoms. The summed E-state index contributed by atoms with van der Waals surface area (Å²) < 4.78 is 12.1. The first-order chi connectivity index (χ1) is 12.1. The number of nitrogen functional groups attached to an aromatic ring is 1. The number of nitrogens with zero attached hydrogens (tertiary/aromatic N) is 5. The summed E-state index contributed by atoms with van der Waals surface area (Å²) in [5.41, 5.74) is 0.812. The van der Waals surface area contributed by atoms with Gasteiger partial charge in [0.05, 0.1) is 22.0 Å². The second kappa shape index (κ2) is 6.37. The first kappa shape index (κ1) is 15.9. The van der Waals surface area contributed by atoms with Crippen LogP contribution in [-0.4, -0.2) is 25.0 Å². The maximum atomic E-state index is 6.14. The lowest BCUT2D eigenvalue weighted by Crippen LogP contribution is -2.12. The molecule has 0 aromatic carbocycles. The molecule has 128 valence electrons. The SMILES string of the molecule is Cc1occc1-c1nnc(SC(C)c2nc(-c3cccs3)no2)n1N. The van der Waals surface area contributed by atoms with Crippen LogP contribution in [0.25, 0.3) is 22.1 Å². The molecule has 10 heteroatoms. The zero-order chi connectivity index (χ0) is 17.4. The third kappa shape index (κ3) is 2.94. The molecule has 2 N–H and O–H groups in total. The van der Waals surface area contributed by atoms with Gasteiger partial charge in [0.25, 0.3) is 0 Å². The third-order valence-electron chi connectivity index (χ3n) is 3.58. The molecule has 1 unspecified atom stereocenters. The molecule has 0 bridgehead atoms. The molecule has 25 heavy (non-hydrogen) atoms. The molecular weight excluding hydrogens is 360 g/mol. The number of aromatic nitrogens is 5. The van der Waals surface area contributed by atoms with Gasteiger partial charge >= 0.3 is 0 Å². The number of thiophene rings is 1. The van der Waals surface area contributed by atoms with Gasteiger partial charge in [0.1, 0.15) is 5.76 Å². The highest BCUT2D eigenvalue weighted by molar-refractivity contribution is 7.99. The summed E-state index contributed by atoms with van der Waals surface area (Å²) in [5, 5.41) is 14.7. The predicted octanol–water partition coefficient (Wildman–Crippen LogP) is 3.53. The number of hydrogen-bond acceptors (Lipinski definition) is 9. The number of nitrogens with two attached hydrogens (primary N) is 1. The molecule has 4 heterocycles. The first-order valence-electron chi connectivity index (χ1n) is 7.42. The number of aryl methyl sites for hydroxylation is 1. The largest absolute Gasteiger partial charge is 0.469 e. The molecule has 0 aliphatic heterocycles. The molecule has 0 fully saturated rings. The predicted molar refractivity (Wildman–Crippen MR) is 94.5 cm³/mol. The van der Waals surface area contributed by atoms with Crippen LogP contribution >= 0.6 is 23.1 Å². The second-order valence-electron chi connectivity index (χ2n) is 5.26. The van der Waals surface area contributed by atoms with Gasteiger partial charge in [0.15, 0.2) is 5.82 Å². The molecule has 0 aliphatic carbocycles. The van der Waals surface area contributed by atoms with E-state index >= 15 is 0 Å². The van der Waals surface area contributed by atoms with Gasteiger partial charge in [-0.2, -0.15) is 4.98 Å². The average Bonchev–Trinajstić information content (AvgIpc) is 3.35. The van der Waals surface area contributed by atoms with Crippen LogP contribution in [0.15, 0.2) is 43.9 Å². The molecular formula is C15H14N6O2S2. The van der Waals surface area contributed by atoms with E-state index in [9.17, 15) is 0 Å². The van der Waals surface area contributed by atoms with Crippen molar-refractivity contribution in [3.8, 4) is 22.1 Å². The molecule has 4 aromatic heterocycles. The number of furan rings is 1. The highest BCUT2D eigenvalue weighted by Gasteiger charge is 2.22. The summed E-state index contributed by atoms with van der Waals surface area (Å²) in [6, 6.07) is 5.71. The zero-order valence-corrected chi connectivity index (χ0v) is 15.0. The van der Waals surface area contributed by atoms with Crippen LogP contribution in [0, 0.1) is 6.92 Å². The van der Waals surface area contributed by atoms with E-state index in [1.54, 1.807) is 17.6 Å². The monoisotopic (exact) mass is 374 g/mol. The lowest BCUT2D eigenvalue weighted by Gasteiger charge is -2.06. The Labute approximate surface area is 151 Å². The van der Waals surface area contributed by atoms with Crippen molar-refractivity contribution < 1.29 is 8.94 Å². The minimum Gasteiger partial charge on any atom is -0.469 e. The molecule has 1 atom stereocenters. The molecule has 0 radical (unpaired) electrons. The maximum absolute atomic E-state index is 6.14. The Bertz CT molecular complexity index is 988. The topological polar surface area (TPSA) is 109 Å². The second-order valence-corrected chi connectivity index (χ2v) is 7.52. The first-order valence-corrected chi connectivity index (χ1v) is 9.18. The fourth-order valence-electron chi connectivity index (χ4n) is 2.27. The van der Waals surface area contributed by atoms with Crippen LogP contribution in [0.4, 0.5) is 0 Å². The Morgan fingerprint density at radius 3 is 2.92 bits per heavy atom. The van der Waals surface area contributed by atoms with Crippen LogP contribution in [0.1, 0.15) is 23.8 Å². The van der Waals surface area contributed by atoms with E-state index in [0.717, 1.165) is 16.2 Å². The van der Waals surface area contributed by atoms with Gasteiger partial charge < -0.3 is 14.8 Å². The maximum Gasteiger partial charge on any atom is 0.240 e. The summed E-state index contributed by atoms with van der Waals surface area (Å²) in [6.07, 6.45) is 1.60. The van der Waals surface area contributed by atoms with Crippen molar-refractivity contribution in [2.45, 2.75) is 24.3 Å². The summed E-state index contributed by atoms with van der Waals surface area (Å²) in [7, 11) is 0. The van der Waals surface area contributed by atoms with Crippen molar-refractivity contribution in [3.05, 3.63) is 41.5 Å². The average molecular weight is 374 g/mol. The fraction of sp³-hybridized carbons (Fsp3) is 0.200. The van der Waals surface area contributed by atoms with E-state index in [1.807, 2.05) is 37.4 Å². The quantitative estimate of drug-likeness (QED) is 0.417. The third-order valence-corrected chi connectivity index (χ3v) is 5.49. The lowest BCUT2D eigenvalue weighted by molar-refractivity contribution is 0.380. The zero-order valence-electron chi connectivity index (χ0n) is 13.4. The summed E-state index contributed by atoms with van der Waals surface area (Å²) >= 11 is 2.96. The fourth-order valence-corrected chi connectivity index (χ4v) is 3.72. The van der Waals surface area contributed by atoms with Gasteiger partial charge in [-0.05, 0) is 31.4 Å². The molecule has 0 aliphatic rings. The van der Waals surface area contributed by atoms with Gasteiger partial charge in [-0.15, -0.1) is 21.5 Å². The Balaban J connectivity index is 1.55. The van der Waals surface area contributed by atoms with Crippen LogP contribution in [0.2, 0.25) is 0 Å². The van der Waals surface area contributed by atoms with E-state index < -0.39 is 0 Å². The summed E-state index contributed by atoms with van der Waals surface area (Å²) in [4.78, 5) is 5.41. The summed E-state index contributed by atoms with van der Waals surface area (Å²) in [5.74, 6) is 8.52. The van der Waals surface area contributed by atoms with E-state index in [-0.39, 0.29) is 5.25 Å². The molecule has 8 nitrogen and oxygen atoms in total. The van der Waals surface area contributed by atoms with Crippen molar-refractivity contribution >= 4 is 23.1 Å². The van der Waals surface area contributed by atoms with E-state index in [2.05, 4.69) is 20.3 Å². The Morgan fingerprint density at radius 2 is 2.20 bits per heavy atom. The van der Waals surface area contributed by atoms with Gasteiger partial charge in [-0.25, -0.2) is 4.68 Å². The van der Waals surface area contributed by atoms with Crippen LogP contribution in [0.5, 0.6) is 0 Å². The van der Waals surface area contributed by atoms with Crippen LogP contribution in [-0.2, 0) is 0 Å². The minimum absolute atomic E-state index is 0.119. The van der Waals surface area contributed by atoms with Gasteiger partial charge in [0, 0.05) is 0 Å². The van der Waals surface area contributed by atoms with Crippen molar-refractivity contribution in [1.29, 1.82) is 0 Å². The van der Waals surface area contributed by atoms with Crippen molar-refractivity contribution in [2.24, 2.45) is 0 Å². The Hall–Kier alpha value is -2.59. The van der Waals surface area contributed by atoms with Crippen molar-refractivity contribution in [1.82, 2.24) is 25.0 Å². The standard InChI is InChI=1S/C15H14N6O2S2/c1-8-10(5-6-22-8)13-18-19-15(21(13)16)25-9(2)14-17-12(20-23-14)11-4-3-7-24-11/h3-7,9H,16H2,1-2H3. The van der Waals surface area contributed by atoms with Crippen LogP contribution in [0.3, 0.4) is 0 Å². The minimum atomic E-state index is -0.119. The van der Waals surface area contributed by atoms with Crippen molar-refractivity contribution in [3.63, 3.8) is 0 Å². The highest BCUT2D eigenvalue weighted by Crippen LogP contribution is 2.35. The van der Waals surface area contributed by atoms with Gasteiger partial charge in [0.2, 0.25) is 16.9 Å². The van der Waals surface area contributed by atoms with Crippen LogP contribution < -0.4 is 5.84 Å². The molecule has 0 saturated heterocycles. The Kier molecular flexibility index (Phi) is 4.06. The lowest BCUT2D eigenvalue weighted by atomic mass is 10.2. The molecule has 4 rings (SSSR count). The highest BCUT2D eigenvalue weighted by atomic mass is 32.2. The number of thioether (sulfide) groups is 1. The van der Waals surface area contributed by atoms with Crippen molar-refractivity contribution in [2.75, 3.05) is 5.84 Å².